The first-order valence-corrected chi connectivity index (χ1v) is 14.8. The Bertz CT molecular complexity index is 1670. The maximum absolute atomic E-state index is 10.6. The highest BCUT2D eigenvalue weighted by atomic mass is 16.5. The number of aryl methyl sites for hydroxylation is 3. The van der Waals surface area contributed by atoms with Crippen molar-refractivity contribution < 1.29 is 57.8 Å². The van der Waals surface area contributed by atoms with E-state index in [4.69, 9.17) is 28.4 Å². The molecule has 0 bridgehead atoms. The van der Waals surface area contributed by atoms with Crippen molar-refractivity contribution in [1.82, 2.24) is 0 Å². The number of phenolic OH excluding ortho intramolecular Hbond substituents is 2. The molecule has 0 unspecified atom stereocenters. The van der Waals surface area contributed by atoms with Crippen LogP contribution in [-0.4, -0.2) is 78.0 Å². The molecule has 4 aromatic rings. The molecule has 0 fully saturated rings. The van der Waals surface area contributed by atoms with Gasteiger partial charge in [0.25, 0.3) is 0 Å². The Hall–Kier alpha value is -6.04. The standard InChI is InChI=1S/C10H12O3.C10H12O2.C9H10O4.C9H10O3/c1-7-4-10(13-3)8(6-11)5-9(7)12-2;1-7-4-9(6-11)5-10(12-3)8(7)2;1-12-8-3-6(11)4-9(13-2)7(8)5-10;1-6-3-7(5-10)4-8(12-2)9(6)11/h4-6H,1-3H3;4-6H,1-3H3;3-5,11H,1-2H3;3-5,11H,1-2H3. The van der Waals surface area contributed by atoms with Gasteiger partial charge in [-0.1, -0.05) is 0 Å². The van der Waals surface area contributed by atoms with Gasteiger partial charge in [-0.2, -0.15) is 0 Å². The summed E-state index contributed by atoms with van der Waals surface area (Å²) in [5.41, 5.74) is 5.71. The molecule has 0 heterocycles. The molecule has 12 heteroatoms. The number of carbonyl (C=O) groups is 4. The van der Waals surface area contributed by atoms with Gasteiger partial charge in [-0.25, -0.2) is 0 Å². The van der Waals surface area contributed by atoms with Crippen LogP contribution in [-0.2, 0) is 0 Å². The zero-order chi connectivity index (χ0) is 38.0. The van der Waals surface area contributed by atoms with E-state index < -0.39 is 0 Å². The minimum Gasteiger partial charge on any atom is -0.508 e. The summed E-state index contributed by atoms with van der Waals surface area (Å²) in [4.78, 5) is 42.1. The second-order valence-electron chi connectivity index (χ2n) is 10.4. The van der Waals surface area contributed by atoms with Gasteiger partial charge in [-0.05, 0) is 86.3 Å². The molecule has 2 N–H and O–H groups in total. The van der Waals surface area contributed by atoms with E-state index in [0.717, 1.165) is 41.3 Å². The van der Waals surface area contributed by atoms with Crippen LogP contribution in [0.5, 0.6) is 46.0 Å². The van der Waals surface area contributed by atoms with Gasteiger partial charge < -0.3 is 38.6 Å². The third-order valence-electron chi connectivity index (χ3n) is 7.16. The molecule has 12 nitrogen and oxygen atoms in total. The Morgan fingerprint density at radius 3 is 1.32 bits per heavy atom. The van der Waals surface area contributed by atoms with Gasteiger partial charge >= 0.3 is 0 Å². The van der Waals surface area contributed by atoms with Crippen LogP contribution >= 0.6 is 0 Å². The lowest BCUT2D eigenvalue weighted by Gasteiger charge is -2.08. The first kappa shape index (κ1) is 42.0. The summed E-state index contributed by atoms with van der Waals surface area (Å²) in [6, 6.07) is 12.8. The largest absolute Gasteiger partial charge is 0.508 e. The van der Waals surface area contributed by atoms with Crippen molar-refractivity contribution >= 4 is 25.1 Å². The summed E-state index contributed by atoms with van der Waals surface area (Å²) in [6.07, 6.45) is 2.92. The molecule has 4 rings (SSSR count). The second kappa shape index (κ2) is 21.0. The minimum absolute atomic E-state index is 0.000648. The van der Waals surface area contributed by atoms with Crippen molar-refractivity contribution in [3.05, 3.63) is 93.0 Å². The summed E-state index contributed by atoms with van der Waals surface area (Å²) in [6.45, 7) is 7.55. The predicted molar refractivity (Wildman–Crippen MR) is 189 cm³/mol. The van der Waals surface area contributed by atoms with Gasteiger partial charge in [-0.3, -0.25) is 19.2 Å². The molecule has 0 radical (unpaired) electrons. The molecular weight excluding hydrogens is 648 g/mol. The lowest BCUT2D eigenvalue weighted by Crippen LogP contribution is -1.95. The molecule has 0 saturated heterocycles. The van der Waals surface area contributed by atoms with Crippen LogP contribution in [0.3, 0.4) is 0 Å². The highest BCUT2D eigenvalue weighted by Crippen LogP contribution is 2.32. The van der Waals surface area contributed by atoms with Crippen LogP contribution in [0.25, 0.3) is 0 Å². The number of methoxy groups -OCH3 is 6. The van der Waals surface area contributed by atoms with Crippen molar-refractivity contribution in [2.75, 3.05) is 42.7 Å². The second-order valence-corrected chi connectivity index (χ2v) is 10.4. The molecule has 0 saturated carbocycles. The fourth-order valence-corrected chi connectivity index (χ4v) is 4.34. The van der Waals surface area contributed by atoms with E-state index in [-0.39, 0.29) is 11.5 Å². The molecule has 0 aliphatic heterocycles. The average Bonchev–Trinajstić information content (AvgIpc) is 3.13. The molecule has 0 aromatic heterocycles. The fourth-order valence-electron chi connectivity index (χ4n) is 4.34. The number of aromatic hydroxyl groups is 2. The van der Waals surface area contributed by atoms with E-state index in [1.807, 2.05) is 26.8 Å². The fraction of sp³-hybridized carbons (Fsp3) is 0.263. The Labute approximate surface area is 292 Å². The topological polar surface area (TPSA) is 164 Å². The number of aldehydes is 4. The van der Waals surface area contributed by atoms with Crippen molar-refractivity contribution in [2.24, 2.45) is 0 Å². The molecule has 0 spiro atoms. The first-order valence-electron chi connectivity index (χ1n) is 14.8. The zero-order valence-corrected chi connectivity index (χ0v) is 29.9. The first-order chi connectivity index (χ1) is 23.8. The summed E-state index contributed by atoms with van der Waals surface area (Å²) in [5.74, 6) is 3.06. The number of hydrogen-bond acceptors (Lipinski definition) is 12. The number of hydrogen-bond donors (Lipinski definition) is 2. The zero-order valence-electron chi connectivity index (χ0n) is 29.9. The molecule has 268 valence electrons. The van der Waals surface area contributed by atoms with Gasteiger partial charge in [0.2, 0.25) is 0 Å². The van der Waals surface area contributed by atoms with Gasteiger partial charge in [0.15, 0.2) is 24.1 Å². The molecular formula is C38H44O12. The number of ether oxygens (including phenoxy) is 6. The Balaban J connectivity index is 0.000000334. The van der Waals surface area contributed by atoms with Crippen molar-refractivity contribution in [3.8, 4) is 46.0 Å². The van der Waals surface area contributed by atoms with Crippen molar-refractivity contribution in [1.29, 1.82) is 0 Å². The molecule has 0 atom stereocenters. The third-order valence-corrected chi connectivity index (χ3v) is 7.16. The Kier molecular flexibility index (Phi) is 17.7. The van der Waals surface area contributed by atoms with Gasteiger partial charge in [0.1, 0.15) is 47.1 Å². The number of benzene rings is 4. The molecule has 0 aliphatic carbocycles. The summed E-state index contributed by atoms with van der Waals surface area (Å²) < 4.78 is 29.8. The maximum atomic E-state index is 10.6. The molecule has 50 heavy (non-hydrogen) atoms. The summed E-state index contributed by atoms with van der Waals surface area (Å²) in [5, 5.41) is 18.6. The van der Waals surface area contributed by atoms with E-state index in [9.17, 15) is 29.4 Å². The predicted octanol–water partition coefficient (Wildman–Crippen LogP) is 6.69. The average molecular weight is 693 g/mol. The normalized spacial score (nSPS) is 9.48. The maximum Gasteiger partial charge on any atom is 0.161 e. The van der Waals surface area contributed by atoms with Crippen LogP contribution in [0, 0.1) is 27.7 Å². The van der Waals surface area contributed by atoms with Crippen molar-refractivity contribution in [2.45, 2.75) is 27.7 Å². The van der Waals surface area contributed by atoms with Gasteiger partial charge in [0, 0.05) is 23.3 Å². The van der Waals surface area contributed by atoms with E-state index in [1.54, 1.807) is 45.4 Å². The highest BCUT2D eigenvalue weighted by molar-refractivity contribution is 5.84. The molecule has 4 aromatic carbocycles. The van der Waals surface area contributed by atoms with Crippen LogP contribution in [0.2, 0.25) is 0 Å². The van der Waals surface area contributed by atoms with Gasteiger partial charge in [0.05, 0.1) is 53.8 Å². The minimum atomic E-state index is -0.000648. The van der Waals surface area contributed by atoms with E-state index in [1.165, 1.54) is 46.6 Å². The van der Waals surface area contributed by atoms with Crippen LogP contribution in [0.4, 0.5) is 0 Å². The van der Waals surface area contributed by atoms with Crippen LogP contribution in [0.1, 0.15) is 63.7 Å². The third kappa shape index (κ3) is 11.6. The molecule has 0 aliphatic rings. The lowest BCUT2D eigenvalue weighted by atomic mass is 10.1. The van der Waals surface area contributed by atoms with Gasteiger partial charge in [-0.15, -0.1) is 0 Å². The SMILES string of the molecule is COc1cc(C=O)c(OC)cc1C.COc1cc(C=O)cc(C)c1C.COc1cc(C=O)cc(C)c1O.COc1cc(O)cc(OC)c1C=O. The number of rotatable bonds is 10. The monoisotopic (exact) mass is 692 g/mol. The quantitative estimate of drug-likeness (QED) is 0.169. The Morgan fingerprint density at radius 2 is 0.900 bits per heavy atom. The number of carbonyl (C=O) groups excluding carboxylic acids is 4. The molecule has 0 amide bonds. The van der Waals surface area contributed by atoms with E-state index in [2.05, 4.69) is 0 Å². The smallest absolute Gasteiger partial charge is 0.161 e. The van der Waals surface area contributed by atoms with Crippen LogP contribution < -0.4 is 28.4 Å². The lowest BCUT2D eigenvalue weighted by molar-refractivity contribution is 0.111. The Morgan fingerprint density at radius 1 is 0.440 bits per heavy atom. The van der Waals surface area contributed by atoms with E-state index in [0.29, 0.717) is 62.9 Å². The summed E-state index contributed by atoms with van der Waals surface area (Å²) in [7, 11) is 9.00. The highest BCUT2D eigenvalue weighted by Gasteiger charge is 2.11. The van der Waals surface area contributed by atoms with E-state index >= 15 is 0 Å². The number of phenols is 2. The van der Waals surface area contributed by atoms with Crippen molar-refractivity contribution in [3.63, 3.8) is 0 Å². The van der Waals surface area contributed by atoms with Crippen LogP contribution in [0.15, 0.2) is 48.5 Å². The summed E-state index contributed by atoms with van der Waals surface area (Å²) >= 11 is 0.